The maximum Gasteiger partial charge on any atom is 0.355 e. The van der Waals surface area contributed by atoms with Crippen molar-refractivity contribution in [3.05, 3.63) is 76.1 Å². The minimum Gasteiger partial charge on any atom is -0.497 e. The fraction of sp³-hybridized carbons (Fsp3) is 0.150. The van der Waals surface area contributed by atoms with Gasteiger partial charge in [-0.15, -0.1) is 0 Å². The number of ether oxygens (including phenoxy) is 2. The van der Waals surface area contributed by atoms with E-state index >= 15 is 0 Å². The molecule has 0 unspecified atom stereocenters. The molecular formula is C20H18N2O5. The van der Waals surface area contributed by atoms with E-state index in [9.17, 15) is 14.4 Å². The smallest absolute Gasteiger partial charge is 0.355 e. The highest BCUT2D eigenvalue weighted by atomic mass is 16.5. The first-order chi connectivity index (χ1) is 13.1. The first-order valence-corrected chi connectivity index (χ1v) is 8.25. The molecule has 0 radical (unpaired) electrons. The summed E-state index contributed by atoms with van der Waals surface area (Å²) in [4.78, 5) is 38.9. The van der Waals surface area contributed by atoms with Crippen LogP contribution in [0, 0.1) is 0 Å². The van der Waals surface area contributed by atoms with Crippen molar-refractivity contribution < 1.29 is 19.1 Å². The fourth-order valence-electron chi connectivity index (χ4n) is 2.55. The molecule has 7 heteroatoms. The second-order valence-corrected chi connectivity index (χ2v) is 5.80. The minimum atomic E-state index is -0.769. The van der Waals surface area contributed by atoms with Crippen LogP contribution in [0.3, 0.4) is 0 Å². The maximum atomic E-state index is 12.1. The van der Waals surface area contributed by atoms with Crippen molar-refractivity contribution in [2.24, 2.45) is 0 Å². The summed E-state index contributed by atoms with van der Waals surface area (Å²) in [5.41, 5.74) is 1.09. The zero-order valence-corrected chi connectivity index (χ0v) is 14.7. The van der Waals surface area contributed by atoms with Gasteiger partial charge in [0.15, 0.2) is 12.0 Å². The first-order valence-electron chi connectivity index (χ1n) is 8.25. The highest BCUT2D eigenvalue weighted by molar-refractivity contribution is 5.92. The molecule has 0 aliphatic heterocycles. The molecule has 3 rings (SSSR count). The number of carbonyl (C=O) groups is 2. The second-order valence-electron chi connectivity index (χ2n) is 5.80. The Balaban J connectivity index is 1.57. The van der Waals surface area contributed by atoms with E-state index < -0.39 is 18.5 Å². The number of methoxy groups -OCH3 is 1. The van der Waals surface area contributed by atoms with E-state index in [1.165, 1.54) is 6.07 Å². The number of para-hydroxylation sites is 1. The molecule has 0 aliphatic rings. The summed E-state index contributed by atoms with van der Waals surface area (Å²) >= 11 is 0. The first kappa shape index (κ1) is 18.2. The number of hydrogen-bond acceptors (Lipinski definition) is 5. The molecular weight excluding hydrogens is 348 g/mol. The number of carbonyl (C=O) groups excluding carboxylic acids is 2. The topological polar surface area (TPSA) is 97.5 Å². The number of aromatic nitrogens is 1. The van der Waals surface area contributed by atoms with Crippen molar-refractivity contribution in [2.45, 2.75) is 6.54 Å². The Morgan fingerprint density at radius 1 is 1.07 bits per heavy atom. The Morgan fingerprint density at radius 3 is 2.70 bits per heavy atom. The van der Waals surface area contributed by atoms with Gasteiger partial charge in [-0.2, -0.15) is 0 Å². The molecule has 0 aliphatic carbocycles. The van der Waals surface area contributed by atoms with Crippen LogP contribution in [-0.4, -0.2) is 30.6 Å². The molecule has 1 aromatic heterocycles. The molecule has 1 heterocycles. The number of rotatable bonds is 6. The number of esters is 1. The van der Waals surface area contributed by atoms with Crippen LogP contribution in [0.5, 0.6) is 5.75 Å². The number of benzene rings is 2. The standard InChI is InChI=1S/C20H18N2O5/c1-26-14-6-4-5-13(9-14)11-21-19(24)12-27-20(25)17-10-18(23)15-7-2-3-8-16(15)22-17/h2-10H,11-12H2,1H3,(H,21,24)(H,22,23). The van der Waals surface area contributed by atoms with Crippen molar-refractivity contribution >= 4 is 22.8 Å². The van der Waals surface area contributed by atoms with Gasteiger partial charge in [0.05, 0.1) is 7.11 Å². The zero-order chi connectivity index (χ0) is 19.2. The van der Waals surface area contributed by atoms with Gasteiger partial charge < -0.3 is 19.8 Å². The summed E-state index contributed by atoms with van der Waals surface area (Å²) < 4.78 is 10.1. The molecule has 7 nitrogen and oxygen atoms in total. The van der Waals surface area contributed by atoms with E-state index in [0.29, 0.717) is 16.7 Å². The monoisotopic (exact) mass is 366 g/mol. The summed E-state index contributed by atoms with van der Waals surface area (Å²) in [6.45, 7) is -0.169. The van der Waals surface area contributed by atoms with E-state index in [4.69, 9.17) is 9.47 Å². The van der Waals surface area contributed by atoms with Crippen LogP contribution >= 0.6 is 0 Å². The maximum absolute atomic E-state index is 12.1. The van der Waals surface area contributed by atoms with Crippen LogP contribution in [0.4, 0.5) is 0 Å². The molecule has 0 saturated heterocycles. The Hall–Kier alpha value is -3.61. The van der Waals surface area contributed by atoms with Gasteiger partial charge in [-0.3, -0.25) is 9.59 Å². The van der Waals surface area contributed by atoms with Crippen LogP contribution in [0.25, 0.3) is 10.9 Å². The van der Waals surface area contributed by atoms with Crippen LogP contribution in [-0.2, 0) is 16.1 Å². The molecule has 2 aromatic carbocycles. The van der Waals surface area contributed by atoms with Crippen LogP contribution in [0.2, 0.25) is 0 Å². The molecule has 0 bridgehead atoms. The number of nitrogens with one attached hydrogen (secondary N) is 2. The summed E-state index contributed by atoms with van der Waals surface area (Å²) in [7, 11) is 1.56. The van der Waals surface area contributed by atoms with Crippen molar-refractivity contribution in [3.63, 3.8) is 0 Å². The van der Waals surface area contributed by atoms with E-state index in [0.717, 1.165) is 5.56 Å². The average Bonchev–Trinajstić information content (AvgIpc) is 2.70. The molecule has 0 spiro atoms. The largest absolute Gasteiger partial charge is 0.497 e. The Labute approximate surface area is 154 Å². The van der Waals surface area contributed by atoms with Gasteiger partial charge in [-0.25, -0.2) is 4.79 Å². The summed E-state index contributed by atoms with van der Waals surface area (Å²) in [6.07, 6.45) is 0. The molecule has 27 heavy (non-hydrogen) atoms. The normalized spacial score (nSPS) is 10.4. The van der Waals surface area contributed by atoms with E-state index in [1.54, 1.807) is 43.5 Å². The van der Waals surface area contributed by atoms with Gasteiger partial charge in [0, 0.05) is 23.5 Å². The van der Waals surface area contributed by atoms with Gasteiger partial charge >= 0.3 is 5.97 Å². The molecule has 2 N–H and O–H groups in total. The molecule has 0 saturated carbocycles. The van der Waals surface area contributed by atoms with Gasteiger partial charge in [0.2, 0.25) is 0 Å². The third kappa shape index (κ3) is 4.52. The average molecular weight is 366 g/mol. The number of pyridine rings is 1. The molecule has 3 aromatic rings. The number of H-pyrrole nitrogens is 1. The second kappa shape index (κ2) is 8.18. The van der Waals surface area contributed by atoms with Gasteiger partial charge in [0.25, 0.3) is 5.91 Å². The van der Waals surface area contributed by atoms with Gasteiger partial charge in [-0.1, -0.05) is 24.3 Å². The zero-order valence-electron chi connectivity index (χ0n) is 14.7. The fourth-order valence-corrected chi connectivity index (χ4v) is 2.55. The number of hydrogen-bond donors (Lipinski definition) is 2. The highest BCUT2D eigenvalue weighted by Gasteiger charge is 2.13. The third-order valence-electron chi connectivity index (χ3n) is 3.92. The van der Waals surface area contributed by atoms with E-state index in [-0.39, 0.29) is 17.7 Å². The minimum absolute atomic E-state index is 0.000652. The molecule has 1 amide bonds. The number of amides is 1. The lowest BCUT2D eigenvalue weighted by Gasteiger charge is -2.08. The Morgan fingerprint density at radius 2 is 1.89 bits per heavy atom. The number of aromatic amines is 1. The van der Waals surface area contributed by atoms with Crippen molar-refractivity contribution in [1.82, 2.24) is 10.3 Å². The van der Waals surface area contributed by atoms with Gasteiger partial charge in [-0.05, 0) is 29.8 Å². The van der Waals surface area contributed by atoms with Crippen molar-refractivity contribution in [3.8, 4) is 5.75 Å². The van der Waals surface area contributed by atoms with E-state index in [1.807, 2.05) is 12.1 Å². The third-order valence-corrected chi connectivity index (χ3v) is 3.92. The summed E-state index contributed by atoms with van der Waals surface area (Å²) in [6, 6.07) is 15.3. The quantitative estimate of drug-likeness (QED) is 0.651. The van der Waals surface area contributed by atoms with Gasteiger partial charge in [0.1, 0.15) is 11.4 Å². The number of fused-ring (bicyclic) bond motifs is 1. The highest BCUT2D eigenvalue weighted by Crippen LogP contribution is 2.12. The SMILES string of the molecule is COc1cccc(CNC(=O)COC(=O)c2cc(=O)c3ccccc3[nH]2)c1. The lowest BCUT2D eigenvalue weighted by atomic mass is 10.2. The lowest BCUT2D eigenvalue weighted by Crippen LogP contribution is -2.28. The van der Waals surface area contributed by atoms with Crippen LogP contribution < -0.4 is 15.5 Å². The van der Waals surface area contributed by atoms with E-state index in [2.05, 4.69) is 10.3 Å². The molecule has 138 valence electrons. The summed E-state index contributed by atoms with van der Waals surface area (Å²) in [5.74, 6) is -0.530. The Bertz CT molecular complexity index is 1040. The summed E-state index contributed by atoms with van der Waals surface area (Å²) in [5, 5.41) is 3.13. The van der Waals surface area contributed by atoms with Crippen LogP contribution in [0.15, 0.2) is 59.4 Å². The van der Waals surface area contributed by atoms with Crippen molar-refractivity contribution in [1.29, 1.82) is 0 Å². The predicted octanol–water partition coefficient (Wildman–Crippen LogP) is 2.01. The molecule has 0 fully saturated rings. The van der Waals surface area contributed by atoms with Crippen LogP contribution in [0.1, 0.15) is 16.1 Å². The van der Waals surface area contributed by atoms with Crippen molar-refractivity contribution in [2.75, 3.05) is 13.7 Å². The molecule has 0 atom stereocenters. The Kier molecular flexibility index (Phi) is 5.51. The lowest BCUT2D eigenvalue weighted by molar-refractivity contribution is -0.124. The predicted molar refractivity (Wildman–Crippen MR) is 99.7 cm³/mol.